The van der Waals surface area contributed by atoms with E-state index >= 15 is 0 Å². The molecule has 1 aliphatic carbocycles. The molecule has 0 radical (unpaired) electrons. The number of thioether (sulfide) groups is 1. The van der Waals surface area contributed by atoms with Gasteiger partial charge in [0.25, 0.3) is 0 Å². The summed E-state index contributed by atoms with van der Waals surface area (Å²) in [6.45, 7) is 6.65. The van der Waals surface area contributed by atoms with Gasteiger partial charge in [-0.3, -0.25) is 0 Å². The van der Waals surface area contributed by atoms with Crippen molar-refractivity contribution in [2.45, 2.75) is 42.6 Å². The Morgan fingerprint density at radius 2 is 2.10 bits per heavy atom. The largest absolute Gasteiger partial charge is 0.302 e. The predicted molar refractivity (Wildman–Crippen MR) is 82.9 cm³/mol. The van der Waals surface area contributed by atoms with Crippen molar-refractivity contribution in [1.29, 1.82) is 0 Å². The van der Waals surface area contributed by atoms with Crippen LogP contribution in [0.4, 0.5) is 4.39 Å². The van der Waals surface area contributed by atoms with Gasteiger partial charge in [-0.1, -0.05) is 30.0 Å². The number of hydrogen-bond acceptors (Lipinski definition) is 3. The molecule has 1 aromatic carbocycles. The average molecular weight is 303 g/mol. The fraction of sp³-hybridized carbons (Fsp3) is 0.375. The van der Waals surface area contributed by atoms with E-state index in [0.717, 1.165) is 23.1 Å². The molecule has 5 heteroatoms. The molecule has 1 saturated carbocycles. The van der Waals surface area contributed by atoms with Crippen LogP contribution in [-0.2, 0) is 6.54 Å². The number of benzene rings is 1. The minimum atomic E-state index is -0.207. The Hall–Kier alpha value is -1.62. The molecule has 0 spiro atoms. The van der Waals surface area contributed by atoms with Crippen LogP contribution in [-0.4, -0.2) is 14.8 Å². The molecule has 0 N–H and O–H groups in total. The molecule has 3 rings (SSSR count). The van der Waals surface area contributed by atoms with Crippen molar-refractivity contribution in [2.75, 3.05) is 0 Å². The van der Waals surface area contributed by atoms with Gasteiger partial charge < -0.3 is 4.57 Å². The molecular weight excluding hydrogens is 285 g/mol. The monoisotopic (exact) mass is 303 g/mol. The Labute approximate surface area is 128 Å². The molecule has 0 aliphatic heterocycles. The fourth-order valence-electron chi connectivity index (χ4n) is 2.29. The average Bonchev–Trinajstić information content (AvgIpc) is 3.25. The van der Waals surface area contributed by atoms with E-state index in [1.165, 1.54) is 25.0 Å². The number of hydrogen-bond donors (Lipinski definition) is 0. The van der Waals surface area contributed by atoms with Crippen LogP contribution in [0.2, 0.25) is 0 Å². The van der Waals surface area contributed by atoms with E-state index in [4.69, 9.17) is 0 Å². The lowest BCUT2D eigenvalue weighted by Gasteiger charge is -2.12. The summed E-state index contributed by atoms with van der Waals surface area (Å²) < 4.78 is 15.1. The lowest BCUT2D eigenvalue weighted by molar-refractivity contribution is 0.627. The van der Waals surface area contributed by atoms with Crippen LogP contribution in [0.1, 0.15) is 42.3 Å². The van der Waals surface area contributed by atoms with Gasteiger partial charge >= 0.3 is 0 Å². The van der Waals surface area contributed by atoms with E-state index in [0.29, 0.717) is 5.92 Å². The minimum absolute atomic E-state index is 0.199. The first-order valence-electron chi connectivity index (χ1n) is 7.15. The molecule has 1 unspecified atom stereocenters. The van der Waals surface area contributed by atoms with Gasteiger partial charge in [-0.2, -0.15) is 0 Å². The number of aromatic nitrogens is 3. The zero-order valence-electron chi connectivity index (χ0n) is 12.0. The first kappa shape index (κ1) is 14.3. The highest BCUT2D eigenvalue weighted by molar-refractivity contribution is 7.99. The zero-order valence-corrected chi connectivity index (χ0v) is 12.8. The SMILES string of the molecule is C=CCn1c(SC(C)c2ccc(F)cc2)nnc1C1CC1. The Bertz CT molecular complexity index is 631. The lowest BCUT2D eigenvalue weighted by atomic mass is 10.2. The molecular formula is C16H18FN3S. The topological polar surface area (TPSA) is 30.7 Å². The summed E-state index contributed by atoms with van der Waals surface area (Å²) in [6.07, 6.45) is 4.28. The van der Waals surface area contributed by atoms with Gasteiger partial charge in [0.2, 0.25) is 0 Å². The number of allylic oxidation sites excluding steroid dienone is 1. The second-order valence-corrected chi connectivity index (χ2v) is 6.63. The summed E-state index contributed by atoms with van der Waals surface area (Å²) in [5.41, 5.74) is 1.09. The molecule has 0 saturated heterocycles. The van der Waals surface area contributed by atoms with Crippen LogP contribution in [0.15, 0.2) is 42.1 Å². The smallest absolute Gasteiger partial charge is 0.192 e. The standard InChI is InChI=1S/C16H18FN3S/c1-3-10-20-15(13-4-5-13)18-19-16(20)21-11(2)12-6-8-14(17)9-7-12/h3,6-9,11,13H,1,4-5,10H2,2H3. The van der Waals surface area contributed by atoms with Gasteiger partial charge in [0.15, 0.2) is 5.16 Å². The molecule has 0 amide bonds. The van der Waals surface area contributed by atoms with Crippen LogP contribution in [0, 0.1) is 5.82 Å². The summed E-state index contributed by atoms with van der Waals surface area (Å²) in [4.78, 5) is 0. The quantitative estimate of drug-likeness (QED) is 0.587. The lowest BCUT2D eigenvalue weighted by Crippen LogP contribution is -2.03. The molecule has 1 fully saturated rings. The molecule has 2 aromatic rings. The molecule has 1 aliphatic rings. The molecule has 110 valence electrons. The van der Waals surface area contributed by atoms with E-state index in [-0.39, 0.29) is 11.1 Å². The number of halogens is 1. The maximum Gasteiger partial charge on any atom is 0.192 e. The first-order valence-corrected chi connectivity index (χ1v) is 8.03. The maximum atomic E-state index is 13.0. The third kappa shape index (κ3) is 3.18. The minimum Gasteiger partial charge on any atom is -0.302 e. The van der Waals surface area contributed by atoms with Crippen molar-refractivity contribution in [3.8, 4) is 0 Å². The number of nitrogens with zero attached hydrogens (tertiary/aromatic N) is 3. The summed E-state index contributed by atoms with van der Waals surface area (Å²) in [5.74, 6) is 1.43. The predicted octanol–water partition coefficient (Wildman–Crippen LogP) is 4.33. The summed E-state index contributed by atoms with van der Waals surface area (Å²) >= 11 is 1.65. The highest BCUT2D eigenvalue weighted by Crippen LogP contribution is 2.41. The summed E-state index contributed by atoms with van der Waals surface area (Å²) in [5, 5.41) is 9.79. The molecule has 0 bridgehead atoms. The Morgan fingerprint density at radius 3 is 2.71 bits per heavy atom. The first-order chi connectivity index (χ1) is 10.2. The normalized spacial score (nSPS) is 15.9. The van der Waals surface area contributed by atoms with Gasteiger partial charge in [-0.25, -0.2) is 4.39 Å². The highest BCUT2D eigenvalue weighted by atomic mass is 32.2. The van der Waals surface area contributed by atoms with Gasteiger partial charge in [0.05, 0.1) is 0 Å². The van der Waals surface area contributed by atoms with Crippen molar-refractivity contribution >= 4 is 11.8 Å². The third-order valence-corrected chi connectivity index (χ3v) is 4.76. The maximum absolute atomic E-state index is 13.0. The van der Waals surface area contributed by atoms with E-state index in [2.05, 4.69) is 28.3 Å². The van der Waals surface area contributed by atoms with Crippen molar-refractivity contribution in [3.05, 3.63) is 54.1 Å². The fourth-order valence-corrected chi connectivity index (χ4v) is 3.28. The van der Waals surface area contributed by atoms with Gasteiger partial charge in [-0.05, 0) is 37.5 Å². The van der Waals surface area contributed by atoms with Crippen LogP contribution in [0.5, 0.6) is 0 Å². The van der Waals surface area contributed by atoms with E-state index in [1.54, 1.807) is 11.8 Å². The van der Waals surface area contributed by atoms with Crippen molar-refractivity contribution < 1.29 is 4.39 Å². The zero-order chi connectivity index (χ0) is 14.8. The Kier molecular flexibility index (Phi) is 4.10. The molecule has 21 heavy (non-hydrogen) atoms. The third-order valence-electron chi connectivity index (χ3n) is 3.62. The van der Waals surface area contributed by atoms with E-state index in [1.807, 2.05) is 18.2 Å². The molecule has 1 heterocycles. The van der Waals surface area contributed by atoms with Crippen molar-refractivity contribution in [1.82, 2.24) is 14.8 Å². The highest BCUT2D eigenvalue weighted by Gasteiger charge is 2.30. The van der Waals surface area contributed by atoms with Gasteiger partial charge in [0, 0.05) is 17.7 Å². The van der Waals surface area contributed by atoms with Crippen LogP contribution in [0.3, 0.4) is 0 Å². The van der Waals surface area contributed by atoms with Crippen LogP contribution >= 0.6 is 11.8 Å². The second-order valence-electron chi connectivity index (χ2n) is 5.33. The van der Waals surface area contributed by atoms with Crippen molar-refractivity contribution in [2.24, 2.45) is 0 Å². The second kappa shape index (κ2) is 6.02. The van der Waals surface area contributed by atoms with Gasteiger partial charge in [0.1, 0.15) is 11.6 Å². The Balaban J connectivity index is 1.80. The van der Waals surface area contributed by atoms with Crippen molar-refractivity contribution in [3.63, 3.8) is 0 Å². The van der Waals surface area contributed by atoms with Crippen LogP contribution < -0.4 is 0 Å². The van der Waals surface area contributed by atoms with E-state index < -0.39 is 0 Å². The van der Waals surface area contributed by atoms with E-state index in [9.17, 15) is 4.39 Å². The molecule has 1 atom stereocenters. The van der Waals surface area contributed by atoms with Gasteiger partial charge in [-0.15, -0.1) is 16.8 Å². The summed E-state index contributed by atoms with van der Waals surface area (Å²) in [6, 6.07) is 6.64. The Morgan fingerprint density at radius 1 is 1.38 bits per heavy atom. The molecule has 3 nitrogen and oxygen atoms in total. The molecule has 1 aromatic heterocycles. The van der Waals surface area contributed by atoms with Crippen LogP contribution in [0.25, 0.3) is 0 Å². The summed E-state index contributed by atoms with van der Waals surface area (Å²) in [7, 11) is 0. The number of rotatable bonds is 6.